The van der Waals surface area contributed by atoms with E-state index in [1.54, 1.807) is 10.9 Å². The molecule has 0 fully saturated rings. The zero-order valence-corrected chi connectivity index (χ0v) is 11.0. The lowest BCUT2D eigenvalue weighted by molar-refractivity contribution is -0.120. The lowest BCUT2D eigenvalue weighted by atomic mass is 10.2. The topological polar surface area (TPSA) is 59.0 Å². The van der Waals surface area contributed by atoms with Gasteiger partial charge >= 0.3 is 0 Å². The molecule has 0 saturated heterocycles. The second-order valence-corrected chi connectivity index (χ2v) is 4.39. The van der Waals surface area contributed by atoms with Gasteiger partial charge in [0.1, 0.15) is 0 Å². The third-order valence-electron chi connectivity index (χ3n) is 2.71. The number of amides is 1. The SMILES string of the molecule is Cn1cc(CNCC(=O)NCc2ccccc2)cn1. The molecule has 100 valence electrons. The molecule has 0 aliphatic rings. The second-order valence-electron chi connectivity index (χ2n) is 4.39. The normalized spacial score (nSPS) is 10.4. The Hall–Kier alpha value is -2.14. The number of rotatable bonds is 6. The summed E-state index contributed by atoms with van der Waals surface area (Å²) >= 11 is 0. The van der Waals surface area contributed by atoms with Crippen LogP contribution in [0.5, 0.6) is 0 Å². The van der Waals surface area contributed by atoms with E-state index in [2.05, 4.69) is 15.7 Å². The molecule has 0 bridgehead atoms. The molecule has 0 spiro atoms. The minimum atomic E-state index is -0.00672. The van der Waals surface area contributed by atoms with Crippen molar-refractivity contribution >= 4 is 5.91 Å². The predicted molar refractivity (Wildman–Crippen MR) is 73.2 cm³/mol. The Balaban J connectivity index is 1.65. The summed E-state index contributed by atoms with van der Waals surface area (Å²) < 4.78 is 1.74. The van der Waals surface area contributed by atoms with E-state index in [9.17, 15) is 4.79 Å². The zero-order chi connectivity index (χ0) is 13.5. The number of nitrogens with zero attached hydrogens (tertiary/aromatic N) is 2. The van der Waals surface area contributed by atoms with Crippen molar-refractivity contribution in [2.24, 2.45) is 7.05 Å². The first-order chi connectivity index (χ1) is 9.24. The van der Waals surface area contributed by atoms with Crippen LogP contribution in [-0.4, -0.2) is 22.2 Å². The lowest BCUT2D eigenvalue weighted by Gasteiger charge is -2.06. The number of carbonyl (C=O) groups is 1. The molecule has 2 rings (SSSR count). The maximum absolute atomic E-state index is 11.6. The van der Waals surface area contributed by atoms with Crippen LogP contribution in [0, 0.1) is 0 Å². The molecule has 0 atom stereocenters. The van der Waals surface area contributed by atoms with E-state index >= 15 is 0 Å². The summed E-state index contributed by atoms with van der Waals surface area (Å²) in [6.07, 6.45) is 3.71. The van der Waals surface area contributed by atoms with Crippen molar-refractivity contribution < 1.29 is 4.79 Å². The van der Waals surface area contributed by atoms with Crippen molar-refractivity contribution in [2.75, 3.05) is 6.54 Å². The average molecular weight is 258 g/mol. The molecule has 1 aromatic carbocycles. The van der Waals surface area contributed by atoms with E-state index in [1.165, 1.54) is 0 Å². The number of hydrogen-bond acceptors (Lipinski definition) is 3. The number of aryl methyl sites for hydroxylation is 1. The molecule has 2 aromatic rings. The highest BCUT2D eigenvalue weighted by Gasteiger charge is 2.01. The van der Waals surface area contributed by atoms with Crippen LogP contribution < -0.4 is 10.6 Å². The van der Waals surface area contributed by atoms with Crippen LogP contribution in [-0.2, 0) is 24.9 Å². The van der Waals surface area contributed by atoms with Crippen LogP contribution in [0.3, 0.4) is 0 Å². The molecule has 0 saturated carbocycles. The smallest absolute Gasteiger partial charge is 0.234 e. The second kappa shape index (κ2) is 6.70. The summed E-state index contributed by atoms with van der Waals surface area (Å²) in [6.45, 7) is 1.52. The molecule has 0 radical (unpaired) electrons. The van der Waals surface area contributed by atoms with Gasteiger partial charge in [0.25, 0.3) is 0 Å². The van der Waals surface area contributed by atoms with Gasteiger partial charge in [-0.2, -0.15) is 5.10 Å². The minimum Gasteiger partial charge on any atom is -0.351 e. The minimum absolute atomic E-state index is 0.00672. The molecule has 5 heteroatoms. The van der Waals surface area contributed by atoms with Gasteiger partial charge in [0, 0.05) is 31.9 Å². The average Bonchev–Trinajstić information content (AvgIpc) is 2.83. The van der Waals surface area contributed by atoms with Gasteiger partial charge < -0.3 is 10.6 Å². The van der Waals surface area contributed by atoms with Gasteiger partial charge in [-0.15, -0.1) is 0 Å². The third kappa shape index (κ3) is 4.56. The van der Waals surface area contributed by atoms with Gasteiger partial charge in [0.05, 0.1) is 12.7 Å². The van der Waals surface area contributed by atoms with Crippen molar-refractivity contribution in [1.29, 1.82) is 0 Å². The van der Waals surface area contributed by atoms with E-state index < -0.39 is 0 Å². The van der Waals surface area contributed by atoms with Gasteiger partial charge in [-0.1, -0.05) is 30.3 Å². The molecule has 19 heavy (non-hydrogen) atoms. The Morgan fingerprint density at radius 3 is 2.68 bits per heavy atom. The van der Waals surface area contributed by atoms with Crippen LogP contribution in [0.1, 0.15) is 11.1 Å². The quantitative estimate of drug-likeness (QED) is 0.806. The highest BCUT2D eigenvalue weighted by molar-refractivity contribution is 5.77. The number of nitrogens with one attached hydrogen (secondary N) is 2. The Morgan fingerprint density at radius 1 is 1.21 bits per heavy atom. The Morgan fingerprint density at radius 2 is 2.00 bits per heavy atom. The van der Waals surface area contributed by atoms with Crippen LogP contribution in [0.15, 0.2) is 42.7 Å². The summed E-state index contributed by atoms with van der Waals surface area (Å²) in [7, 11) is 1.87. The van der Waals surface area contributed by atoms with E-state index in [4.69, 9.17) is 0 Å². The molecular formula is C14H18N4O. The number of benzene rings is 1. The fourth-order valence-corrected chi connectivity index (χ4v) is 1.74. The molecule has 5 nitrogen and oxygen atoms in total. The van der Waals surface area contributed by atoms with Crippen LogP contribution >= 0.6 is 0 Å². The maximum atomic E-state index is 11.6. The number of aromatic nitrogens is 2. The summed E-state index contributed by atoms with van der Waals surface area (Å²) in [5.74, 6) is -0.00672. The Kier molecular flexibility index (Phi) is 4.69. The van der Waals surface area contributed by atoms with Gasteiger partial charge in [-0.25, -0.2) is 0 Å². The molecular weight excluding hydrogens is 240 g/mol. The van der Waals surface area contributed by atoms with Crippen molar-refractivity contribution in [3.05, 3.63) is 53.9 Å². The standard InChI is InChI=1S/C14H18N4O/c1-18-11-13(9-17-18)7-15-10-14(19)16-8-12-5-3-2-4-6-12/h2-6,9,11,15H,7-8,10H2,1H3,(H,16,19). The van der Waals surface area contributed by atoms with E-state index in [-0.39, 0.29) is 5.91 Å². The van der Waals surface area contributed by atoms with E-state index in [1.807, 2.05) is 43.6 Å². The maximum Gasteiger partial charge on any atom is 0.234 e. The van der Waals surface area contributed by atoms with Crippen LogP contribution in [0.2, 0.25) is 0 Å². The molecule has 0 unspecified atom stereocenters. The molecule has 1 amide bonds. The molecule has 0 aliphatic heterocycles. The first-order valence-corrected chi connectivity index (χ1v) is 6.23. The Labute approximate surface area is 112 Å². The van der Waals surface area contributed by atoms with E-state index in [0.717, 1.165) is 11.1 Å². The highest BCUT2D eigenvalue weighted by atomic mass is 16.1. The van der Waals surface area contributed by atoms with Crippen LogP contribution in [0.25, 0.3) is 0 Å². The first kappa shape index (κ1) is 13.3. The fraction of sp³-hybridized carbons (Fsp3) is 0.286. The van der Waals surface area contributed by atoms with Crippen molar-refractivity contribution in [3.63, 3.8) is 0 Å². The zero-order valence-electron chi connectivity index (χ0n) is 11.0. The van der Waals surface area contributed by atoms with Gasteiger partial charge in [-0.05, 0) is 5.56 Å². The van der Waals surface area contributed by atoms with Crippen LogP contribution in [0.4, 0.5) is 0 Å². The molecule has 0 aliphatic carbocycles. The molecule has 2 N–H and O–H groups in total. The first-order valence-electron chi connectivity index (χ1n) is 6.23. The molecule has 1 heterocycles. The highest BCUT2D eigenvalue weighted by Crippen LogP contribution is 1.97. The molecule has 1 aromatic heterocycles. The summed E-state index contributed by atoms with van der Waals surface area (Å²) in [6, 6.07) is 9.86. The monoisotopic (exact) mass is 258 g/mol. The fourth-order valence-electron chi connectivity index (χ4n) is 1.74. The van der Waals surface area contributed by atoms with Gasteiger partial charge in [0.15, 0.2) is 0 Å². The van der Waals surface area contributed by atoms with E-state index in [0.29, 0.717) is 19.6 Å². The van der Waals surface area contributed by atoms with Crippen molar-refractivity contribution in [2.45, 2.75) is 13.1 Å². The number of carbonyl (C=O) groups excluding carboxylic acids is 1. The predicted octanol–water partition coefficient (Wildman–Crippen LogP) is 0.826. The summed E-state index contributed by atoms with van der Waals surface area (Å²) in [5, 5.41) is 10.0. The van der Waals surface area contributed by atoms with Crippen molar-refractivity contribution in [1.82, 2.24) is 20.4 Å². The lowest BCUT2D eigenvalue weighted by Crippen LogP contribution is -2.33. The summed E-state index contributed by atoms with van der Waals surface area (Å²) in [5.41, 5.74) is 2.17. The third-order valence-corrected chi connectivity index (χ3v) is 2.71. The number of hydrogen-bond donors (Lipinski definition) is 2. The Bertz CT molecular complexity index is 521. The van der Waals surface area contributed by atoms with Gasteiger partial charge in [-0.3, -0.25) is 9.48 Å². The van der Waals surface area contributed by atoms with Gasteiger partial charge in [0.2, 0.25) is 5.91 Å². The van der Waals surface area contributed by atoms with Crippen molar-refractivity contribution in [3.8, 4) is 0 Å². The largest absolute Gasteiger partial charge is 0.351 e. The summed E-state index contributed by atoms with van der Waals surface area (Å²) in [4.78, 5) is 11.6.